The SMILES string of the molecule is Brc1cc(NCCc2ncc[nH]2)nc(C2CC2)n1. The van der Waals surface area contributed by atoms with E-state index in [0.717, 1.165) is 35.0 Å². The van der Waals surface area contributed by atoms with Crippen LogP contribution in [0.4, 0.5) is 5.82 Å². The Labute approximate surface area is 114 Å². The molecule has 0 radical (unpaired) electrons. The molecule has 2 aromatic rings. The molecule has 0 aliphatic heterocycles. The molecule has 1 fully saturated rings. The van der Waals surface area contributed by atoms with Crippen LogP contribution in [0.5, 0.6) is 0 Å². The topological polar surface area (TPSA) is 66.5 Å². The average molecular weight is 308 g/mol. The van der Waals surface area contributed by atoms with Crippen LogP contribution in [0.3, 0.4) is 0 Å². The van der Waals surface area contributed by atoms with E-state index in [4.69, 9.17) is 0 Å². The number of imidazole rings is 1. The van der Waals surface area contributed by atoms with Gasteiger partial charge in [-0.1, -0.05) is 0 Å². The van der Waals surface area contributed by atoms with Crippen molar-refractivity contribution < 1.29 is 0 Å². The number of aromatic nitrogens is 4. The van der Waals surface area contributed by atoms with Gasteiger partial charge in [0.15, 0.2) is 0 Å². The summed E-state index contributed by atoms with van der Waals surface area (Å²) in [6.07, 6.45) is 6.88. The Bertz CT molecular complexity index is 521. The lowest BCUT2D eigenvalue weighted by atomic mass is 10.3. The third-order valence-corrected chi connectivity index (χ3v) is 3.28. The van der Waals surface area contributed by atoms with Gasteiger partial charge in [-0.05, 0) is 28.8 Å². The van der Waals surface area contributed by atoms with Crippen LogP contribution in [-0.2, 0) is 6.42 Å². The fraction of sp³-hybridized carbons (Fsp3) is 0.417. The van der Waals surface area contributed by atoms with Crippen LogP contribution in [0.15, 0.2) is 23.1 Å². The van der Waals surface area contributed by atoms with E-state index >= 15 is 0 Å². The molecule has 1 aliphatic rings. The van der Waals surface area contributed by atoms with Gasteiger partial charge in [-0.2, -0.15) is 0 Å². The molecular formula is C12H14BrN5. The van der Waals surface area contributed by atoms with E-state index in [9.17, 15) is 0 Å². The number of rotatable bonds is 5. The number of nitrogens with zero attached hydrogens (tertiary/aromatic N) is 3. The average Bonchev–Trinajstić information content (AvgIpc) is 3.08. The number of hydrogen-bond acceptors (Lipinski definition) is 4. The summed E-state index contributed by atoms with van der Waals surface area (Å²) in [5, 5.41) is 3.31. The highest BCUT2D eigenvalue weighted by atomic mass is 79.9. The number of hydrogen-bond donors (Lipinski definition) is 2. The van der Waals surface area contributed by atoms with Gasteiger partial charge in [-0.15, -0.1) is 0 Å². The summed E-state index contributed by atoms with van der Waals surface area (Å²) in [5.41, 5.74) is 0. The van der Waals surface area contributed by atoms with E-state index in [1.165, 1.54) is 12.8 Å². The maximum absolute atomic E-state index is 4.53. The highest BCUT2D eigenvalue weighted by Gasteiger charge is 2.27. The summed E-state index contributed by atoms with van der Waals surface area (Å²) < 4.78 is 0.847. The molecule has 6 heteroatoms. The van der Waals surface area contributed by atoms with Gasteiger partial charge in [-0.25, -0.2) is 15.0 Å². The minimum atomic E-state index is 0.563. The Kier molecular flexibility index (Phi) is 3.27. The lowest BCUT2D eigenvalue weighted by molar-refractivity contribution is 0.889. The zero-order valence-electron chi connectivity index (χ0n) is 9.86. The number of aromatic amines is 1. The van der Waals surface area contributed by atoms with Crippen molar-refractivity contribution in [3.63, 3.8) is 0 Å². The summed E-state index contributed by atoms with van der Waals surface area (Å²) >= 11 is 3.43. The molecule has 0 unspecified atom stereocenters. The van der Waals surface area contributed by atoms with Crippen LogP contribution < -0.4 is 5.32 Å². The maximum atomic E-state index is 4.53. The van der Waals surface area contributed by atoms with E-state index in [2.05, 4.69) is 41.2 Å². The van der Waals surface area contributed by atoms with Crippen molar-refractivity contribution in [2.75, 3.05) is 11.9 Å². The van der Waals surface area contributed by atoms with Crippen molar-refractivity contribution in [2.24, 2.45) is 0 Å². The quantitative estimate of drug-likeness (QED) is 0.833. The van der Waals surface area contributed by atoms with Gasteiger partial charge in [0.05, 0.1) is 0 Å². The molecule has 5 nitrogen and oxygen atoms in total. The summed E-state index contributed by atoms with van der Waals surface area (Å²) in [7, 11) is 0. The molecular weight excluding hydrogens is 294 g/mol. The fourth-order valence-electron chi connectivity index (χ4n) is 1.79. The molecule has 0 aromatic carbocycles. The molecule has 3 rings (SSSR count). The van der Waals surface area contributed by atoms with Gasteiger partial charge >= 0.3 is 0 Å². The summed E-state index contributed by atoms with van der Waals surface area (Å²) in [6.45, 7) is 0.807. The highest BCUT2D eigenvalue weighted by molar-refractivity contribution is 9.10. The second kappa shape index (κ2) is 5.06. The molecule has 1 aliphatic carbocycles. The first kappa shape index (κ1) is 11.6. The maximum Gasteiger partial charge on any atom is 0.135 e. The smallest absolute Gasteiger partial charge is 0.135 e. The zero-order valence-corrected chi connectivity index (χ0v) is 11.4. The number of H-pyrrole nitrogens is 1. The molecule has 18 heavy (non-hydrogen) atoms. The van der Waals surface area contributed by atoms with Crippen molar-refractivity contribution in [1.29, 1.82) is 0 Å². The fourth-order valence-corrected chi connectivity index (χ4v) is 2.19. The van der Waals surface area contributed by atoms with Gasteiger partial charge in [0.2, 0.25) is 0 Å². The molecule has 2 N–H and O–H groups in total. The van der Waals surface area contributed by atoms with Crippen LogP contribution in [0.1, 0.15) is 30.4 Å². The summed E-state index contributed by atoms with van der Waals surface area (Å²) in [5.74, 6) is 3.38. The molecule has 2 aromatic heterocycles. The Morgan fingerprint density at radius 3 is 3.00 bits per heavy atom. The van der Waals surface area contributed by atoms with Crippen LogP contribution >= 0.6 is 15.9 Å². The summed E-state index contributed by atoms with van der Waals surface area (Å²) in [6, 6.07) is 1.91. The normalized spacial score (nSPS) is 14.7. The van der Waals surface area contributed by atoms with Gasteiger partial charge in [0.25, 0.3) is 0 Å². The van der Waals surface area contributed by atoms with Gasteiger partial charge in [0, 0.05) is 37.3 Å². The molecule has 1 saturated carbocycles. The highest BCUT2D eigenvalue weighted by Crippen LogP contribution is 2.38. The Hall–Kier alpha value is -1.43. The molecule has 2 heterocycles. The molecule has 0 bridgehead atoms. The van der Waals surface area contributed by atoms with E-state index in [-0.39, 0.29) is 0 Å². The van der Waals surface area contributed by atoms with Crippen molar-refractivity contribution in [3.05, 3.63) is 34.7 Å². The first-order chi connectivity index (χ1) is 8.81. The largest absolute Gasteiger partial charge is 0.369 e. The van der Waals surface area contributed by atoms with Crippen LogP contribution in [0.2, 0.25) is 0 Å². The van der Waals surface area contributed by atoms with E-state index < -0.39 is 0 Å². The Morgan fingerprint density at radius 1 is 1.39 bits per heavy atom. The third-order valence-electron chi connectivity index (χ3n) is 2.88. The van der Waals surface area contributed by atoms with Gasteiger partial charge < -0.3 is 10.3 Å². The third kappa shape index (κ3) is 2.87. The predicted molar refractivity (Wildman–Crippen MR) is 72.5 cm³/mol. The minimum Gasteiger partial charge on any atom is -0.369 e. The van der Waals surface area contributed by atoms with Crippen molar-refractivity contribution >= 4 is 21.7 Å². The minimum absolute atomic E-state index is 0.563. The molecule has 0 spiro atoms. The van der Waals surface area contributed by atoms with Crippen molar-refractivity contribution in [1.82, 2.24) is 19.9 Å². The van der Waals surface area contributed by atoms with Crippen LogP contribution in [0, 0.1) is 0 Å². The molecule has 94 valence electrons. The second-order valence-electron chi connectivity index (χ2n) is 4.42. The van der Waals surface area contributed by atoms with Crippen LogP contribution in [-0.4, -0.2) is 26.5 Å². The van der Waals surface area contributed by atoms with Gasteiger partial charge in [0.1, 0.15) is 22.1 Å². The first-order valence-corrected chi connectivity index (χ1v) is 6.87. The van der Waals surface area contributed by atoms with E-state index in [1.807, 2.05) is 12.3 Å². The Morgan fingerprint density at radius 2 is 2.28 bits per heavy atom. The Balaban J connectivity index is 1.61. The standard InChI is InChI=1S/C12H14BrN5/c13-9-7-11(18-12(17-9)8-1-2-8)14-4-3-10-15-5-6-16-10/h5-8H,1-4H2,(H,15,16)(H,14,17,18). The molecule has 0 atom stereocenters. The van der Waals surface area contributed by atoms with Crippen LogP contribution in [0.25, 0.3) is 0 Å². The number of anilines is 1. The lowest BCUT2D eigenvalue weighted by Gasteiger charge is -2.06. The monoisotopic (exact) mass is 307 g/mol. The van der Waals surface area contributed by atoms with E-state index in [0.29, 0.717) is 5.92 Å². The lowest BCUT2D eigenvalue weighted by Crippen LogP contribution is -2.08. The van der Waals surface area contributed by atoms with Crippen molar-refractivity contribution in [2.45, 2.75) is 25.2 Å². The summed E-state index contributed by atoms with van der Waals surface area (Å²) in [4.78, 5) is 16.2. The number of halogens is 1. The van der Waals surface area contributed by atoms with E-state index in [1.54, 1.807) is 6.20 Å². The van der Waals surface area contributed by atoms with Gasteiger partial charge in [-0.3, -0.25) is 0 Å². The predicted octanol–water partition coefficient (Wildman–Crippen LogP) is 2.49. The first-order valence-electron chi connectivity index (χ1n) is 6.08. The molecule has 0 saturated heterocycles. The number of nitrogens with one attached hydrogen (secondary N) is 2. The second-order valence-corrected chi connectivity index (χ2v) is 5.23. The molecule has 0 amide bonds. The zero-order chi connectivity index (χ0) is 12.4. The van der Waals surface area contributed by atoms with Crippen molar-refractivity contribution in [3.8, 4) is 0 Å².